The predicted octanol–water partition coefficient (Wildman–Crippen LogP) is 0.247. The predicted molar refractivity (Wildman–Crippen MR) is 65.0 cm³/mol. The number of hydrogen-bond donors (Lipinski definition) is 3. The lowest BCUT2D eigenvalue weighted by molar-refractivity contribution is 0.0934. The van der Waals surface area contributed by atoms with Crippen LogP contribution < -0.4 is 16.2 Å². The number of carbonyl (C=O) groups is 1. The van der Waals surface area contributed by atoms with Crippen molar-refractivity contribution >= 4 is 5.91 Å². The van der Waals surface area contributed by atoms with Crippen LogP contribution >= 0.6 is 0 Å². The largest absolute Gasteiger partial charge is 0.349 e. The summed E-state index contributed by atoms with van der Waals surface area (Å²) in [6, 6.07) is 3.15. The number of amides is 1. The Morgan fingerprint density at radius 2 is 2.24 bits per heavy atom. The first-order valence-electron chi connectivity index (χ1n) is 5.96. The first kappa shape index (κ1) is 11.9. The molecule has 1 saturated heterocycles. The molecule has 1 atom stereocenters. The van der Waals surface area contributed by atoms with Gasteiger partial charge in [-0.15, -0.1) is 0 Å². The molecular weight excluding hydrogens is 218 g/mol. The molecule has 1 aliphatic rings. The van der Waals surface area contributed by atoms with E-state index in [0.29, 0.717) is 5.56 Å². The first-order valence-corrected chi connectivity index (χ1v) is 5.96. The maximum Gasteiger partial charge on any atom is 0.251 e. The van der Waals surface area contributed by atoms with Crippen molar-refractivity contribution in [1.29, 1.82) is 0 Å². The maximum atomic E-state index is 11.9. The Bertz CT molecular complexity index is 433. The quantitative estimate of drug-likeness (QED) is 0.687. The molecule has 1 aliphatic heterocycles. The van der Waals surface area contributed by atoms with Gasteiger partial charge in [0, 0.05) is 23.9 Å². The van der Waals surface area contributed by atoms with E-state index in [-0.39, 0.29) is 17.5 Å². The average molecular weight is 235 g/mol. The molecule has 92 valence electrons. The van der Waals surface area contributed by atoms with Gasteiger partial charge in [-0.1, -0.05) is 0 Å². The summed E-state index contributed by atoms with van der Waals surface area (Å²) in [5, 5.41) is 6.26. The summed E-state index contributed by atoms with van der Waals surface area (Å²) in [5.41, 5.74) is 0.172. The molecule has 1 fully saturated rings. The Balaban J connectivity index is 1.98. The molecule has 1 amide bonds. The lowest BCUT2D eigenvalue weighted by atomic mass is 10.1. The van der Waals surface area contributed by atoms with Gasteiger partial charge in [0.25, 0.3) is 5.91 Å². The summed E-state index contributed by atoms with van der Waals surface area (Å²) in [5.74, 6) is -0.164. The minimum atomic E-state index is -0.250. The van der Waals surface area contributed by atoms with E-state index in [4.69, 9.17) is 0 Å². The number of rotatable bonds is 2. The Hall–Kier alpha value is -1.62. The second kappa shape index (κ2) is 5.63. The number of aromatic amines is 1. The first-order chi connectivity index (χ1) is 8.25. The number of carbonyl (C=O) groups excluding carboxylic acids is 1. The summed E-state index contributed by atoms with van der Waals surface area (Å²) in [4.78, 5) is 25.5. The number of pyridine rings is 1. The molecule has 5 heteroatoms. The van der Waals surface area contributed by atoms with Gasteiger partial charge in [-0.25, -0.2) is 0 Å². The Morgan fingerprint density at radius 1 is 1.35 bits per heavy atom. The fourth-order valence-electron chi connectivity index (χ4n) is 2.02. The van der Waals surface area contributed by atoms with Gasteiger partial charge in [0.2, 0.25) is 5.56 Å². The van der Waals surface area contributed by atoms with Crippen LogP contribution in [0.1, 0.15) is 29.6 Å². The van der Waals surface area contributed by atoms with Gasteiger partial charge in [0.1, 0.15) is 0 Å². The van der Waals surface area contributed by atoms with Crippen molar-refractivity contribution in [1.82, 2.24) is 15.6 Å². The van der Waals surface area contributed by atoms with Crippen molar-refractivity contribution in [3.63, 3.8) is 0 Å². The van der Waals surface area contributed by atoms with Gasteiger partial charge in [0.05, 0.1) is 0 Å². The summed E-state index contributed by atoms with van der Waals surface area (Å²) < 4.78 is 0. The van der Waals surface area contributed by atoms with E-state index < -0.39 is 0 Å². The second-order valence-corrected chi connectivity index (χ2v) is 4.29. The molecule has 0 aliphatic carbocycles. The van der Waals surface area contributed by atoms with Crippen LogP contribution in [0.15, 0.2) is 23.1 Å². The fraction of sp³-hybridized carbons (Fsp3) is 0.500. The van der Waals surface area contributed by atoms with Crippen LogP contribution in [-0.2, 0) is 0 Å². The zero-order chi connectivity index (χ0) is 12.1. The topological polar surface area (TPSA) is 74.0 Å². The number of hydrogen-bond acceptors (Lipinski definition) is 3. The Kier molecular flexibility index (Phi) is 3.93. The van der Waals surface area contributed by atoms with E-state index >= 15 is 0 Å². The van der Waals surface area contributed by atoms with Crippen molar-refractivity contribution in [2.75, 3.05) is 13.1 Å². The normalized spacial score (nSPS) is 20.6. The van der Waals surface area contributed by atoms with Gasteiger partial charge >= 0.3 is 0 Å². The van der Waals surface area contributed by atoms with Crippen molar-refractivity contribution in [2.24, 2.45) is 0 Å². The van der Waals surface area contributed by atoms with Crippen molar-refractivity contribution in [2.45, 2.75) is 25.3 Å². The molecule has 1 unspecified atom stereocenters. The van der Waals surface area contributed by atoms with Crippen LogP contribution in [0.5, 0.6) is 0 Å². The van der Waals surface area contributed by atoms with Gasteiger partial charge in [-0.3, -0.25) is 9.59 Å². The third-order valence-corrected chi connectivity index (χ3v) is 2.95. The summed E-state index contributed by atoms with van der Waals surface area (Å²) in [6.07, 6.45) is 4.49. The molecule has 17 heavy (non-hydrogen) atoms. The number of nitrogens with one attached hydrogen (secondary N) is 3. The van der Waals surface area contributed by atoms with Crippen molar-refractivity contribution < 1.29 is 4.79 Å². The van der Waals surface area contributed by atoms with Crippen LogP contribution in [-0.4, -0.2) is 30.0 Å². The highest BCUT2D eigenvalue weighted by Gasteiger charge is 2.15. The minimum absolute atomic E-state index is 0.164. The third kappa shape index (κ3) is 3.42. The zero-order valence-corrected chi connectivity index (χ0v) is 9.66. The minimum Gasteiger partial charge on any atom is -0.349 e. The van der Waals surface area contributed by atoms with E-state index in [9.17, 15) is 9.59 Å². The Morgan fingerprint density at radius 3 is 3.06 bits per heavy atom. The molecule has 3 N–H and O–H groups in total. The van der Waals surface area contributed by atoms with Gasteiger partial charge in [-0.2, -0.15) is 0 Å². The highest BCUT2D eigenvalue weighted by molar-refractivity contribution is 5.94. The van der Waals surface area contributed by atoms with E-state index in [0.717, 1.165) is 32.4 Å². The SMILES string of the molecule is O=C(NC1CCCNCC1)c1cc[nH]c(=O)c1. The molecule has 1 aromatic heterocycles. The van der Waals surface area contributed by atoms with E-state index in [2.05, 4.69) is 15.6 Å². The van der Waals surface area contributed by atoms with E-state index in [1.54, 1.807) is 6.07 Å². The smallest absolute Gasteiger partial charge is 0.251 e. The van der Waals surface area contributed by atoms with Gasteiger partial charge in [-0.05, 0) is 38.4 Å². The molecule has 0 spiro atoms. The van der Waals surface area contributed by atoms with Crippen LogP contribution in [0, 0.1) is 0 Å². The molecule has 1 aromatic rings. The summed E-state index contributed by atoms with van der Waals surface area (Å²) in [6.45, 7) is 1.94. The standard InChI is InChI=1S/C12H17N3O2/c16-11-8-9(3-7-14-11)12(17)15-10-2-1-5-13-6-4-10/h3,7-8,10,13H,1-2,4-6H2,(H,14,16)(H,15,17). The highest BCUT2D eigenvalue weighted by atomic mass is 16.2. The van der Waals surface area contributed by atoms with Crippen molar-refractivity contribution in [3.8, 4) is 0 Å². The molecular formula is C12H17N3O2. The third-order valence-electron chi connectivity index (χ3n) is 2.95. The van der Waals surface area contributed by atoms with Crippen LogP contribution in [0.4, 0.5) is 0 Å². The average Bonchev–Trinajstić information content (AvgIpc) is 2.57. The highest BCUT2D eigenvalue weighted by Crippen LogP contribution is 2.06. The molecule has 2 rings (SSSR count). The summed E-state index contributed by atoms with van der Waals surface area (Å²) >= 11 is 0. The molecule has 0 aromatic carbocycles. The monoisotopic (exact) mass is 235 g/mol. The van der Waals surface area contributed by atoms with Gasteiger partial charge < -0.3 is 15.6 Å². The maximum absolute atomic E-state index is 11.9. The van der Waals surface area contributed by atoms with Crippen molar-refractivity contribution in [3.05, 3.63) is 34.2 Å². The van der Waals surface area contributed by atoms with E-state index in [1.165, 1.54) is 12.3 Å². The molecule has 2 heterocycles. The lowest BCUT2D eigenvalue weighted by Gasteiger charge is -2.15. The summed E-state index contributed by atoms with van der Waals surface area (Å²) in [7, 11) is 0. The van der Waals surface area contributed by atoms with Gasteiger partial charge in [0.15, 0.2) is 0 Å². The Labute approximate surface area is 99.6 Å². The zero-order valence-electron chi connectivity index (χ0n) is 9.66. The number of H-pyrrole nitrogens is 1. The molecule has 5 nitrogen and oxygen atoms in total. The van der Waals surface area contributed by atoms with Crippen LogP contribution in [0.25, 0.3) is 0 Å². The second-order valence-electron chi connectivity index (χ2n) is 4.29. The molecule has 0 saturated carbocycles. The van der Waals surface area contributed by atoms with Crippen LogP contribution in [0.3, 0.4) is 0 Å². The molecule has 0 radical (unpaired) electrons. The lowest BCUT2D eigenvalue weighted by Crippen LogP contribution is -2.35. The number of aromatic nitrogens is 1. The van der Waals surface area contributed by atoms with Crippen LogP contribution in [0.2, 0.25) is 0 Å². The molecule has 0 bridgehead atoms. The van der Waals surface area contributed by atoms with E-state index in [1.807, 2.05) is 0 Å². The fourth-order valence-corrected chi connectivity index (χ4v) is 2.02.